The van der Waals surface area contributed by atoms with E-state index in [2.05, 4.69) is 8.37 Å². The molecule has 0 aromatic heterocycles. The van der Waals surface area contributed by atoms with Crippen LogP contribution in [0.15, 0.2) is 0 Å². The molecule has 0 rings (SSSR count). The number of hydrogen-bond donors (Lipinski definition) is 0. The molecule has 0 saturated heterocycles. The lowest BCUT2D eigenvalue weighted by atomic mass is 10.6. The van der Waals surface area contributed by atoms with Gasteiger partial charge in [0.15, 0.2) is 0 Å². The second-order valence-electron chi connectivity index (χ2n) is 2.84. The van der Waals surface area contributed by atoms with Crippen molar-refractivity contribution in [3.05, 3.63) is 0 Å². The van der Waals surface area contributed by atoms with Crippen molar-refractivity contribution >= 4 is 20.2 Å². The molecule has 0 bridgehead atoms. The molecule has 0 fully saturated rings. The van der Waals surface area contributed by atoms with E-state index >= 15 is 0 Å². The van der Waals surface area contributed by atoms with E-state index in [0.717, 1.165) is 0 Å². The minimum absolute atomic E-state index is 0.0102. The monoisotopic (exact) mass is 260 g/mol. The molecule has 0 aliphatic rings. The van der Waals surface area contributed by atoms with Crippen LogP contribution in [-0.2, 0) is 28.6 Å². The van der Waals surface area contributed by atoms with Crippen molar-refractivity contribution in [3.8, 4) is 0 Å². The van der Waals surface area contributed by atoms with Gasteiger partial charge in [0, 0.05) is 0 Å². The molecule has 0 radical (unpaired) electrons. The molecule has 0 aliphatic heterocycles. The van der Waals surface area contributed by atoms with Gasteiger partial charge in [-0.2, -0.15) is 16.8 Å². The number of rotatable bonds is 7. The van der Waals surface area contributed by atoms with Gasteiger partial charge in [-0.25, -0.2) is 0 Å². The average Bonchev–Trinajstić information content (AvgIpc) is 2.02. The van der Waals surface area contributed by atoms with Crippen molar-refractivity contribution < 1.29 is 25.2 Å². The van der Waals surface area contributed by atoms with Crippen LogP contribution in [0.5, 0.6) is 0 Å². The lowest BCUT2D eigenvalue weighted by molar-refractivity contribution is 0.325. The highest BCUT2D eigenvalue weighted by Crippen LogP contribution is 2.08. The summed E-state index contributed by atoms with van der Waals surface area (Å²) >= 11 is 0. The zero-order chi connectivity index (χ0) is 12.1. The maximum Gasteiger partial charge on any atom is 0.271 e. The van der Waals surface area contributed by atoms with Crippen LogP contribution >= 0.6 is 0 Å². The van der Waals surface area contributed by atoms with E-state index in [9.17, 15) is 16.8 Å². The summed E-state index contributed by atoms with van der Waals surface area (Å²) in [5.74, 6) is -0.594. The third-order valence-corrected chi connectivity index (χ3v) is 4.94. The second-order valence-corrected chi connectivity index (χ2v) is 6.55. The summed E-state index contributed by atoms with van der Waals surface area (Å²) in [5, 5.41) is -1.13. The Balaban J connectivity index is 4.57. The van der Waals surface area contributed by atoms with Crippen LogP contribution in [0.25, 0.3) is 0 Å². The first-order chi connectivity index (χ1) is 6.75. The minimum atomic E-state index is -3.82. The number of hydrogen-bond acceptors (Lipinski definition) is 6. The van der Waals surface area contributed by atoms with Gasteiger partial charge in [0.2, 0.25) is 0 Å². The molecular formula is C7H16O6S2. The third-order valence-electron chi connectivity index (χ3n) is 1.51. The molecule has 0 amide bonds. The molecule has 8 heteroatoms. The largest absolute Gasteiger partial charge is 0.271 e. The third kappa shape index (κ3) is 5.45. The van der Waals surface area contributed by atoms with Gasteiger partial charge < -0.3 is 0 Å². The van der Waals surface area contributed by atoms with E-state index in [4.69, 9.17) is 0 Å². The van der Waals surface area contributed by atoms with Crippen LogP contribution in [0.1, 0.15) is 20.8 Å². The Morgan fingerprint density at radius 3 is 1.87 bits per heavy atom. The summed E-state index contributed by atoms with van der Waals surface area (Å²) in [6.07, 6.45) is 0. The standard InChI is InChI=1S/C7H16O6S2/c1-4-12-14(8,9)6-7(3)15(10,11)13-5-2/h7H,4-6H2,1-3H3. The normalized spacial score (nSPS) is 15.1. The van der Waals surface area contributed by atoms with Gasteiger partial charge in [0.1, 0.15) is 5.25 Å². The molecule has 92 valence electrons. The summed E-state index contributed by atoms with van der Waals surface area (Å²) < 4.78 is 53.7. The molecule has 1 unspecified atom stereocenters. The molecule has 0 saturated carbocycles. The van der Waals surface area contributed by atoms with Crippen molar-refractivity contribution in [1.82, 2.24) is 0 Å². The molecule has 6 nitrogen and oxygen atoms in total. The Morgan fingerprint density at radius 1 is 1.00 bits per heavy atom. The first kappa shape index (κ1) is 14.8. The first-order valence-corrected chi connectivity index (χ1v) is 7.55. The summed E-state index contributed by atoms with van der Waals surface area (Å²) in [7, 11) is -7.61. The topological polar surface area (TPSA) is 86.7 Å². The van der Waals surface area contributed by atoms with Crippen molar-refractivity contribution in [3.63, 3.8) is 0 Å². The molecule has 0 aromatic carbocycles. The molecule has 1 atom stereocenters. The SMILES string of the molecule is CCOS(=O)(=O)CC(C)S(=O)(=O)OCC. The second kappa shape index (κ2) is 5.78. The zero-order valence-electron chi connectivity index (χ0n) is 8.96. The molecule has 0 spiro atoms. The Kier molecular flexibility index (Phi) is 5.71. The fourth-order valence-corrected chi connectivity index (χ4v) is 3.64. The van der Waals surface area contributed by atoms with E-state index in [-0.39, 0.29) is 13.2 Å². The van der Waals surface area contributed by atoms with Gasteiger partial charge in [0.05, 0.1) is 19.0 Å². The minimum Gasteiger partial charge on any atom is -0.270 e. The van der Waals surface area contributed by atoms with E-state index in [1.165, 1.54) is 20.8 Å². The van der Waals surface area contributed by atoms with E-state index in [0.29, 0.717) is 0 Å². The Bertz CT molecular complexity index is 368. The summed E-state index contributed by atoms with van der Waals surface area (Å²) in [4.78, 5) is 0. The van der Waals surface area contributed by atoms with Crippen LogP contribution < -0.4 is 0 Å². The van der Waals surface area contributed by atoms with Gasteiger partial charge >= 0.3 is 0 Å². The van der Waals surface area contributed by atoms with E-state index in [1.807, 2.05) is 0 Å². The van der Waals surface area contributed by atoms with Gasteiger partial charge in [0.25, 0.3) is 20.2 Å². The molecule has 0 aliphatic carbocycles. The summed E-state index contributed by atoms with van der Waals surface area (Å²) in [6, 6.07) is 0. The first-order valence-electron chi connectivity index (χ1n) is 4.50. The zero-order valence-corrected chi connectivity index (χ0v) is 10.6. The van der Waals surface area contributed by atoms with Crippen LogP contribution in [0.3, 0.4) is 0 Å². The average molecular weight is 260 g/mol. The van der Waals surface area contributed by atoms with E-state index in [1.54, 1.807) is 0 Å². The summed E-state index contributed by atoms with van der Waals surface area (Å²) in [6.45, 7) is 4.27. The fraction of sp³-hybridized carbons (Fsp3) is 1.00. The smallest absolute Gasteiger partial charge is 0.270 e. The van der Waals surface area contributed by atoms with Crippen molar-refractivity contribution in [1.29, 1.82) is 0 Å². The van der Waals surface area contributed by atoms with Gasteiger partial charge in [-0.3, -0.25) is 8.37 Å². The summed E-state index contributed by atoms with van der Waals surface area (Å²) in [5.41, 5.74) is 0. The molecule has 0 aromatic rings. The van der Waals surface area contributed by atoms with Gasteiger partial charge in [-0.05, 0) is 20.8 Å². The van der Waals surface area contributed by atoms with Crippen molar-refractivity contribution in [2.45, 2.75) is 26.0 Å². The van der Waals surface area contributed by atoms with Crippen LogP contribution in [-0.4, -0.2) is 41.1 Å². The quantitative estimate of drug-likeness (QED) is 0.604. The Labute approximate surface area is 90.8 Å². The highest BCUT2D eigenvalue weighted by Gasteiger charge is 2.27. The lowest BCUT2D eigenvalue weighted by Crippen LogP contribution is -2.29. The van der Waals surface area contributed by atoms with Gasteiger partial charge in [-0.1, -0.05) is 0 Å². The van der Waals surface area contributed by atoms with Crippen LogP contribution in [0, 0.1) is 0 Å². The molecule has 0 N–H and O–H groups in total. The molecule has 0 heterocycles. The van der Waals surface area contributed by atoms with Crippen LogP contribution in [0.2, 0.25) is 0 Å². The Hall–Kier alpha value is -0.180. The maximum absolute atomic E-state index is 11.3. The van der Waals surface area contributed by atoms with Crippen molar-refractivity contribution in [2.75, 3.05) is 19.0 Å². The highest BCUT2D eigenvalue weighted by molar-refractivity contribution is 7.91. The predicted octanol–water partition coefficient (Wildman–Crippen LogP) is 0.107. The molecular weight excluding hydrogens is 244 g/mol. The molecule has 15 heavy (non-hydrogen) atoms. The van der Waals surface area contributed by atoms with Gasteiger partial charge in [-0.15, -0.1) is 0 Å². The van der Waals surface area contributed by atoms with Crippen LogP contribution in [0.4, 0.5) is 0 Å². The predicted molar refractivity (Wildman–Crippen MR) is 55.4 cm³/mol. The van der Waals surface area contributed by atoms with Crippen molar-refractivity contribution in [2.24, 2.45) is 0 Å². The van der Waals surface area contributed by atoms with E-state index < -0.39 is 31.2 Å². The Morgan fingerprint density at radius 2 is 1.47 bits per heavy atom. The fourth-order valence-electron chi connectivity index (χ4n) is 0.879. The lowest BCUT2D eigenvalue weighted by Gasteiger charge is -2.11. The maximum atomic E-state index is 11.3. The highest BCUT2D eigenvalue weighted by atomic mass is 32.2.